The molecule has 0 spiro atoms. The summed E-state index contributed by atoms with van der Waals surface area (Å²) >= 11 is 0. The maximum Gasteiger partial charge on any atom is 0.0824 e. The van der Waals surface area contributed by atoms with E-state index in [1.807, 2.05) is 30.4 Å². The Balaban J connectivity index is 3.91. The number of hydrogen-bond donors (Lipinski definition) is 0. The maximum absolute atomic E-state index is 4.73. The van der Waals surface area contributed by atoms with Gasteiger partial charge in [0.25, 0.3) is 0 Å². The van der Waals surface area contributed by atoms with Crippen LogP contribution in [0.2, 0.25) is 0 Å². The molecule has 0 heterocycles. The number of ether oxygens (including phenoxy) is 1. The third kappa shape index (κ3) is 5.54. The fraction of sp³-hybridized carbons (Fsp3) is 0.273. The average molecular weight is 164 g/mol. The van der Waals surface area contributed by atoms with E-state index in [0.29, 0.717) is 0 Å². The summed E-state index contributed by atoms with van der Waals surface area (Å²) in [6.45, 7) is 5.81. The van der Waals surface area contributed by atoms with Crippen LogP contribution < -0.4 is 0 Å². The molecular weight excluding hydrogens is 148 g/mol. The van der Waals surface area contributed by atoms with Crippen LogP contribution in [-0.4, -0.2) is 7.11 Å². The van der Waals surface area contributed by atoms with Crippen LogP contribution in [0.1, 0.15) is 13.3 Å². The van der Waals surface area contributed by atoms with E-state index in [-0.39, 0.29) is 0 Å². The molecule has 0 aliphatic heterocycles. The summed E-state index contributed by atoms with van der Waals surface area (Å²) in [5.74, 6) is 0. The van der Waals surface area contributed by atoms with Crippen LogP contribution in [0.4, 0.5) is 0 Å². The second-order valence-electron chi connectivity index (χ2n) is 2.25. The van der Waals surface area contributed by atoms with Crippen LogP contribution in [0.3, 0.4) is 0 Å². The predicted octanol–water partition coefficient (Wildman–Crippen LogP) is 3.23. The lowest BCUT2D eigenvalue weighted by molar-refractivity contribution is 0.338. The quantitative estimate of drug-likeness (QED) is 0.448. The molecule has 0 amide bonds. The van der Waals surface area contributed by atoms with E-state index in [4.69, 9.17) is 4.74 Å². The van der Waals surface area contributed by atoms with Crippen LogP contribution >= 0.6 is 0 Å². The molecule has 0 aliphatic carbocycles. The molecule has 0 aromatic heterocycles. The normalized spacial score (nSPS) is 12.7. The van der Waals surface area contributed by atoms with Gasteiger partial charge in [0.05, 0.1) is 13.4 Å². The van der Waals surface area contributed by atoms with E-state index in [1.54, 1.807) is 13.4 Å². The van der Waals surface area contributed by atoms with Gasteiger partial charge in [0.2, 0.25) is 0 Å². The van der Waals surface area contributed by atoms with Gasteiger partial charge in [-0.2, -0.15) is 0 Å². The molecule has 0 rings (SSSR count). The summed E-state index contributed by atoms with van der Waals surface area (Å²) in [6, 6.07) is 0. The zero-order chi connectivity index (χ0) is 9.23. The van der Waals surface area contributed by atoms with Gasteiger partial charge >= 0.3 is 0 Å². The van der Waals surface area contributed by atoms with Crippen molar-refractivity contribution in [3.63, 3.8) is 0 Å². The lowest BCUT2D eigenvalue weighted by Gasteiger charge is -1.90. The lowest BCUT2D eigenvalue weighted by Crippen LogP contribution is -1.69. The Morgan fingerprint density at radius 3 is 2.58 bits per heavy atom. The van der Waals surface area contributed by atoms with Gasteiger partial charge in [0.1, 0.15) is 0 Å². The highest BCUT2D eigenvalue weighted by Crippen LogP contribution is 2.00. The molecule has 0 fully saturated rings. The minimum Gasteiger partial charge on any atom is -0.504 e. The molecule has 12 heavy (non-hydrogen) atoms. The van der Waals surface area contributed by atoms with E-state index < -0.39 is 0 Å². The fourth-order valence-corrected chi connectivity index (χ4v) is 0.697. The highest BCUT2D eigenvalue weighted by molar-refractivity contribution is 5.23. The molecule has 0 bridgehead atoms. The standard InChI is InChI=1S/C11H16O/c1-4-11(5-2)9-7-6-8-10-12-3/h4,6-10H,1,5H2,2-3H3. The average Bonchev–Trinajstić information content (AvgIpc) is 2.11. The molecule has 0 aromatic rings. The Labute approximate surface area is 74.7 Å². The van der Waals surface area contributed by atoms with Gasteiger partial charge < -0.3 is 4.74 Å². The minimum absolute atomic E-state index is 1.02. The van der Waals surface area contributed by atoms with E-state index in [1.165, 1.54) is 5.57 Å². The maximum atomic E-state index is 4.73. The molecule has 1 heteroatoms. The molecule has 0 aromatic carbocycles. The van der Waals surface area contributed by atoms with Crippen molar-refractivity contribution in [2.45, 2.75) is 13.3 Å². The van der Waals surface area contributed by atoms with Gasteiger partial charge in [0, 0.05) is 0 Å². The van der Waals surface area contributed by atoms with Crippen LogP contribution in [0.25, 0.3) is 0 Å². The Morgan fingerprint density at radius 2 is 2.08 bits per heavy atom. The van der Waals surface area contributed by atoms with Gasteiger partial charge in [-0.15, -0.1) is 0 Å². The highest BCUT2D eigenvalue weighted by Gasteiger charge is 1.80. The summed E-state index contributed by atoms with van der Waals surface area (Å²) in [5, 5.41) is 0. The lowest BCUT2D eigenvalue weighted by atomic mass is 10.2. The van der Waals surface area contributed by atoms with E-state index in [9.17, 15) is 0 Å². The van der Waals surface area contributed by atoms with Crippen LogP contribution in [-0.2, 0) is 4.74 Å². The van der Waals surface area contributed by atoms with Crippen molar-refractivity contribution in [1.82, 2.24) is 0 Å². The van der Waals surface area contributed by atoms with Gasteiger partial charge in [-0.1, -0.05) is 37.8 Å². The highest BCUT2D eigenvalue weighted by atomic mass is 16.5. The van der Waals surface area contributed by atoms with Crippen LogP contribution in [0, 0.1) is 0 Å². The molecule has 0 aliphatic rings. The summed E-state index contributed by atoms with van der Waals surface area (Å²) < 4.78 is 4.73. The van der Waals surface area contributed by atoms with E-state index in [0.717, 1.165) is 6.42 Å². The first-order valence-electron chi connectivity index (χ1n) is 4.02. The van der Waals surface area contributed by atoms with Gasteiger partial charge in [-0.25, -0.2) is 0 Å². The first-order chi connectivity index (χ1) is 5.85. The van der Waals surface area contributed by atoms with E-state index >= 15 is 0 Å². The van der Waals surface area contributed by atoms with Gasteiger partial charge in [-0.05, 0) is 18.1 Å². The molecule has 0 unspecified atom stereocenters. The molecule has 0 saturated heterocycles. The second kappa shape index (κ2) is 7.86. The molecule has 0 N–H and O–H groups in total. The topological polar surface area (TPSA) is 9.23 Å². The summed E-state index contributed by atoms with van der Waals surface area (Å²) in [6.07, 6.45) is 12.3. The van der Waals surface area contributed by atoms with Crippen molar-refractivity contribution >= 4 is 0 Å². The largest absolute Gasteiger partial charge is 0.504 e. The Bertz CT molecular complexity index is 197. The Morgan fingerprint density at radius 1 is 1.33 bits per heavy atom. The van der Waals surface area contributed by atoms with Crippen molar-refractivity contribution in [3.8, 4) is 0 Å². The first-order valence-corrected chi connectivity index (χ1v) is 4.02. The third-order valence-electron chi connectivity index (χ3n) is 1.42. The number of methoxy groups -OCH3 is 1. The predicted molar refractivity (Wildman–Crippen MR) is 53.9 cm³/mol. The summed E-state index contributed by atoms with van der Waals surface area (Å²) in [7, 11) is 1.63. The smallest absolute Gasteiger partial charge is 0.0824 e. The van der Waals surface area contributed by atoms with E-state index in [2.05, 4.69) is 13.5 Å². The third-order valence-corrected chi connectivity index (χ3v) is 1.42. The Hall–Kier alpha value is -1.24. The van der Waals surface area contributed by atoms with Crippen molar-refractivity contribution in [2.24, 2.45) is 0 Å². The fourth-order valence-electron chi connectivity index (χ4n) is 0.697. The Kier molecular flexibility index (Phi) is 7.05. The summed E-state index contributed by atoms with van der Waals surface area (Å²) in [5.41, 5.74) is 1.23. The van der Waals surface area contributed by atoms with Gasteiger partial charge in [-0.3, -0.25) is 0 Å². The SMILES string of the molecule is C=CC(=CC=CC=COC)CC. The molecule has 1 nitrogen and oxygen atoms in total. The zero-order valence-electron chi connectivity index (χ0n) is 7.79. The van der Waals surface area contributed by atoms with Crippen molar-refractivity contribution in [3.05, 3.63) is 48.8 Å². The molecular formula is C11H16O. The molecule has 0 radical (unpaired) electrons. The monoisotopic (exact) mass is 164 g/mol. The number of allylic oxidation sites excluding steroid dienone is 6. The number of rotatable bonds is 5. The van der Waals surface area contributed by atoms with Crippen molar-refractivity contribution < 1.29 is 4.74 Å². The first kappa shape index (κ1) is 10.8. The zero-order valence-corrected chi connectivity index (χ0v) is 7.79. The minimum atomic E-state index is 1.02. The second-order valence-corrected chi connectivity index (χ2v) is 2.25. The number of hydrogen-bond acceptors (Lipinski definition) is 1. The van der Waals surface area contributed by atoms with Crippen LogP contribution in [0.5, 0.6) is 0 Å². The van der Waals surface area contributed by atoms with Crippen molar-refractivity contribution in [1.29, 1.82) is 0 Å². The van der Waals surface area contributed by atoms with Crippen molar-refractivity contribution in [2.75, 3.05) is 7.11 Å². The summed E-state index contributed by atoms with van der Waals surface area (Å²) in [4.78, 5) is 0. The molecule has 66 valence electrons. The molecule has 0 atom stereocenters. The van der Waals surface area contributed by atoms with Gasteiger partial charge in [0.15, 0.2) is 0 Å². The van der Waals surface area contributed by atoms with Crippen LogP contribution in [0.15, 0.2) is 48.8 Å². The molecule has 0 saturated carbocycles.